The molecule has 2 heterocycles. The molecule has 0 saturated carbocycles. The van der Waals surface area contributed by atoms with Crippen LogP contribution in [0.3, 0.4) is 0 Å². The molecule has 0 radical (unpaired) electrons. The van der Waals surface area contributed by atoms with Crippen molar-refractivity contribution in [3.05, 3.63) is 52.6 Å². The highest BCUT2D eigenvalue weighted by Gasteiger charge is 2.24. The summed E-state index contributed by atoms with van der Waals surface area (Å²) in [6.45, 7) is 1.16. The van der Waals surface area contributed by atoms with Crippen molar-refractivity contribution in [3.63, 3.8) is 0 Å². The fourth-order valence-electron chi connectivity index (χ4n) is 2.71. The Labute approximate surface area is 132 Å². The molecule has 1 saturated heterocycles. The van der Waals surface area contributed by atoms with E-state index in [-0.39, 0.29) is 17.6 Å². The maximum absolute atomic E-state index is 12.5. The molecule has 1 amide bonds. The van der Waals surface area contributed by atoms with E-state index in [1.807, 2.05) is 0 Å². The number of nitro groups is 1. The van der Waals surface area contributed by atoms with Crippen molar-refractivity contribution in [2.45, 2.75) is 18.9 Å². The molecule has 1 aromatic carbocycles. The third kappa shape index (κ3) is 3.07. The fraction of sp³-hybridized carbons (Fsp3) is 0.333. The number of amides is 1. The van der Waals surface area contributed by atoms with E-state index < -0.39 is 4.92 Å². The van der Waals surface area contributed by atoms with Crippen LogP contribution >= 0.6 is 0 Å². The van der Waals surface area contributed by atoms with Gasteiger partial charge in [0.25, 0.3) is 11.6 Å². The van der Waals surface area contributed by atoms with E-state index in [4.69, 9.17) is 5.73 Å². The Morgan fingerprint density at radius 3 is 2.70 bits per heavy atom. The van der Waals surface area contributed by atoms with Crippen LogP contribution < -0.4 is 5.73 Å². The van der Waals surface area contributed by atoms with E-state index in [0.717, 1.165) is 12.8 Å². The van der Waals surface area contributed by atoms with Gasteiger partial charge in [-0.2, -0.15) is 0 Å². The molecule has 0 spiro atoms. The highest BCUT2D eigenvalue weighted by atomic mass is 16.6. The van der Waals surface area contributed by atoms with Gasteiger partial charge in [0.1, 0.15) is 5.69 Å². The van der Waals surface area contributed by atoms with Crippen LogP contribution in [0.5, 0.6) is 0 Å². The number of carbonyl (C=O) groups is 1. The molecule has 2 N–H and O–H groups in total. The molecular weight excluding hydrogens is 298 g/mol. The highest BCUT2D eigenvalue weighted by molar-refractivity contribution is 5.95. The summed E-state index contributed by atoms with van der Waals surface area (Å²) >= 11 is 0. The van der Waals surface area contributed by atoms with Gasteiger partial charge in [-0.15, -0.1) is 0 Å². The normalized spacial score (nSPS) is 15.6. The molecule has 1 aliphatic heterocycles. The smallest absolute Gasteiger partial charge is 0.294 e. The average Bonchev–Trinajstić information content (AvgIpc) is 3.08. The summed E-state index contributed by atoms with van der Waals surface area (Å²) in [5, 5.41) is 11.3. The second-order valence-electron chi connectivity index (χ2n) is 5.56. The summed E-state index contributed by atoms with van der Waals surface area (Å²) in [4.78, 5) is 29.0. The van der Waals surface area contributed by atoms with Crippen molar-refractivity contribution in [1.82, 2.24) is 14.5 Å². The Hall–Kier alpha value is -2.74. The Balaban J connectivity index is 1.90. The molecule has 8 heteroatoms. The topological polar surface area (TPSA) is 107 Å². The molecule has 0 atom stereocenters. The van der Waals surface area contributed by atoms with Gasteiger partial charge in [-0.25, -0.2) is 4.98 Å². The van der Waals surface area contributed by atoms with Gasteiger partial charge in [0.15, 0.2) is 0 Å². The Morgan fingerprint density at radius 2 is 2.09 bits per heavy atom. The summed E-state index contributed by atoms with van der Waals surface area (Å²) in [7, 11) is 0. The van der Waals surface area contributed by atoms with E-state index in [1.54, 1.807) is 34.0 Å². The predicted molar refractivity (Wildman–Crippen MR) is 83.3 cm³/mol. The number of imidazole rings is 1. The quantitative estimate of drug-likeness (QED) is 0.679. The number of hydrogen-bond acceptors (Lipinski definition) is 5. The fourth-order valence-corrected chi connectivity index (χ4v) is 2.71. The summed E-state index contributed by atoms with van der Waals surface area (Å²) in [5.41, 5.74) is 6.41. The lowest BCUT2D eigenvalue weighted by Crippen LogP contribution is -2.42. The second-order valence-corrected chi connectivity index (χ2v) is 5.56. The summed E-state index contributed by atoms with van der Waals surface area (Å²) in [6, 6.07) is 4.63. The third-order valence-corrected chi connectivity index (χ3v) is 4.03. The number of nitrogens with two attached hydrogens (primary N) is 1. The Morgan fingerprint density at radius 1 is 1.35 bits per heavy atom. The summed E-state index contributed by atoms with van der Waals surface area (Å²) < 4.78 is 1.55. The number of carbonyl (C=O) groups excluding carboxylic acids is 1. The third-order valence-electron chi connectivity index (χ3n) is 4.03. The molecule has 0 aliphatic carbocycles. The second kappa shape index (κ2) is 6.17. The van der Waals surface area contributed by atoms with E-state index in [9.17, 15) is 14.9 Å². The summed E-state index contributed by atoms with van der Waals surface area (Å²) in [6.07, 6.45) is 6.15. The first-order valence-corrected chi connectivity index (χ1v) is 7.38. The highest BCUT2D eigenvalue weighted by Crippen LogP contribution is 2.25. The van der Waals surface area contributed by atoms with Crippen LogP contribution in [0.1, 0.15) is 23.2 Å². The van der Waals surface area contributed by atoms with Gasteiger partial charge in [0.05, 0.1) is 11.3 Å². The lowest BCUT2D eigenvalue weighted by Gasteiger charge is -2.30. The van der Waals surface area contributed by atoms with Gasteiger partial charge < -0.3 is 15.2 Å². The number of nitrogens with zero attached hydrogens (tertiary/aromatic N) is 4. The minimum atomic E-state index is -0.488. The molecule has 1 aliphatic rings. The maximum atomic E-state index is 12.5. The van der Waals surface area contributed by atoms with Crippen LogP contribution in [-0.2, 0) is 0 Å². The molecule has 1 fully saturated rings. The molecule has 1 aromatic heterocycles. The van der Waals surface area contributed by atoms with Crippen LogP contribution in [-0.4, -0.2) is 44.4 Å². The van der Waals surface area contributed by atoms with Gasteiger partial charge in [0, 0.05) is 43.2 Å². The van der Waals surface area contributed by atoms with Crippen LogP contribution in [0.2, 0.25) is 0 Å². The van der Waals surface area contributed by atoms with Crippen molar-refractivity contribution in [2.75, 3.05) is 13.1 Å². The Bertz CT molecular complexity index is 721. The Kier molecular flexibility index (Phi) is 4.07. The zero-order valence-corrected chi connectivity index (χ0v) is 12.5. The summed E-state index contributed by atoms with van der Waals surface area (Å²) in [5.74, 6) is -0.197. The minimum Gasteiger partial charge on any atom is -0.339 e. The number of aromatic nitrogens is 2. The standard InChI is InChI=1S/C15H17N5O3/c16-12-3-6-18(7-4-12)15(21)11-1-2-13(14(9-11)20(22)23)19-8-5-17-10-19/h1-2,5,8-10,12H,3-4,6-7,16H2. The number of benzene rings is 1. The van der Waals surface area contributed by atoms with Gasteiger partial charge in [0.2, 0.25) is 0 Å². The van der Waals surface area contributed by atoms with Crippen molar-refractivity contribution < 1.29 is 9.72 Å². The largest absolute Gasteiger partial charge is 0.339 e. The number of hydrogen-bond donors (Lipinski definition) is 1. The number of rotatable bonds is 3. The molecule has 8 nitrogen and oxygen atoms in total. The molecular formula is C15H17N5O3. The van der Waals surface area contributed by atoms with Crippen LogP contribution in [0.15, 0.2) is 36.9 Å². The molecule has 3 rings (SSSR count). The zero-order chi connectivity index (χ0) is 16.4. The van der Waals surface area contributed by atoms with Crippen molar-refractivity contribution in [1.29, 1.82) is 0 Å². The number of piperidine rings is 1. The molecule has 0 unspecified atom stereocenters. The number of likely N-dealkylation sites (tertiary alicyclic amines) is 1. The van der Waals surface area contributed by atoms with Gasteiger partial charge in [-0.3, -0.25) is 14.9 Å². The minimum absolute atomic E-state index is 0.122. The van der Waals surface area contributed by atoms with Crippen LogP contribution in [0.4, 0.5) is 5.69 Å². The predicted octanol–water partition coefficient (Wildman–Crippen LogP) is 1.34. The molecule has 2 aromatic rings. The van der Waals surface area contributed by atoms with Gasteiger partial charge >= 0.3 is 0 Å². The van der Waals surface area contributed by atoms with E-state index in [0.29, 0.717) is 24.3 Å². The maximum Gasteiger partial charge on any atom is 0.294 e. The van der Waals surface area contributed by atoms with Gasteiger partial charge in [-0.1, -0.05) is 0 Å². The van der Waals surface area contributed by atoms with E-state index in [2.05, 4.69) is 4.98 Å². The lowest BCUT2D eigenvalue weighted by atomic mass is 10.0. The van der Waals surface area contributed by atoms with Crippen LogP contribution in [0, 0.1) is 10.1 Å². The van der Waals surface area contributed by atoms with Gasteiger partial charge in [-0.05, 0) is 25.0 Å². The van der Waals surface area contributed by atoms with Crippen molar-refractivity contribution >= 4 is 11.6 Å². The molecule has 23 heavy (non-hydrogen) atoms. The lowest BCUT2D eigenvalue weighted by molar-refractivity contribution is -0.384. The van der Waals surface area contributed by atoms with Crippen LogP contribution in [0.25, 0.3) is 5.69 Å². The SMILES string of the molecule is NC1CCN(C(=O)c2ccc(-n3ccnc3)c([N+](=O)[O-])c2)CC1. The van der Waals surface area contributed by atoms with E-state index >= 15 is 0 Å². The van der Waals surface area contributed by atoms with Crippen molar-refractivity contribution in [2.24, 2.45) is 5.73 Å². The first-order valence-electron chi connectivity index (χ1n) is 7.38. The number of nitro benzene ring substituents is 1. The van der Waals surface area contributed by atoms with E-state index in [1.165, 1.54) is 12.4 Å². The first-order chi connectivity index (χ1) is 11.1. The first kappa shape index (κ1) is 15.2. The molecule has 120 valence electrons. The monoisotopic (exact) mass is 315 g/mol. The zero-order valence-electron chi connectivity index (χ0n) is 12.5. The van der Waals surface area contributed by atoms with Crippen molar-refractivity contribution in [3.8, 4) is 5.69 Å². The molecule has 0 bridgehead atoms. The average molecular weight is 315 g/mol.